The molecule has 0 aliphatic carbocycles. The van der Waals surface area contributed by atoms with Crippen molar-refractivity contribution in [3.63, 3.8) is 0 Å². The molecule has 1 aromatic heterocycles. The lowest BCUT2D eigenvalue weighted by Crippen LogP contribution is -2.65. The van der Waals surface area contributed by atoms with Gasteiger partial charge in [0.1, 0.15) is 59.8 Å². The molecule has 1 aliphatic rings. The molecule has 12 atom stereocenters. The summed E-state index contributed by atoms with van der Waals surface area (Å²) in [6.07, 6.45) is -1.08. The zero-order valence-corrected chi connectivity index (χ0v) is 48.4. The second kappa shape index (κ2) is 32.7. The van der Waals surface area contributed by atoms with Crippen molar-refractivity contribution in [2.24, 2.45) is 29.2 Å². The molecule has 27 nitrogen and oxygen atoms in total. The van der Waals surface area contributed by atoms with Crippen molar-refractivity contribution in [2.75, 3.05) is 19.8 Å². The SMILES string of the molecule is CC=C1NC(=O)C(C(O)C(C)C)NC(=O)C(CO)NC(=O)C(C(C)O)NC(=O)C(NC(=O)C(N)C(C)CC)C(C(C)C)OC(=O)C(Cc2ccccc2)NC(=O)C(CCCN)NC(=O)C(=Cc2c[nH]c3ccccc23)NC(=O)C(CO)NC1=O. The fraction of sp³-hybridized carbons (Fsp3) is 0.509. The van der Waals surface area contributed by atoms with Gasteiger partial charge in [-0.05, 0) is 68.7 Å². The average Bonchev–Trinajstić information content (AvgIpc) is 3.78. The zero-order chi connectivity index (χ0) is 62.5. The second-order valence-electron chi connectivity index (χ2n) is 21.2. The number of aromatic amines is 1. The predicted molar refractivity (Wildman–Crippen MR) is 307 cm³/mol. The quantitative estimate of drug-likeness (QED) is 0.0515. The van der Waals surface area contributed by atoms with Crippen LogP contribution in [-0.4, -0.2) is 171 Å². The van der Waals surface area contributed by atoms with E-state index in [9.17, 15) is 68.4 Å². The molecular weight excluding hydrogens is 1090 g/mol. The second-order valence-corrected chi connectivity index (χ2v) is 21.2. The van der Waals surface area contributed by atoms with E-state index in [1.165, 1.54) is 46.9 Å². The Labute approximate surface area is 486 Å². The number of hydrogen-bond acceptors (Lipinski definition) is 17. The number of cyclic esters (lactones) is 1. The van der Waals surface area contributed by atoms with Crippen LogP contribution in [0.1, 0.15) is 85.8 Å². The number of benzene rings is 2. The topological polar surface area (TPSA) is 437 Å². The molecule has 0 radical (unpaired) electrons. The van der Waals surface area contributed by atoms with Gasteiger partial charge in [0.15, 0.2) is 0 Å². The van der Waals surface area contributed by atoms with Gasteiger partial charge in [-0.1, -0.05) is 103 Å². The minimum Gasteiger partial charge on any atom is -0.458 e. The maximum Gasteiger partial charge on any atom is 0.329 e. The van der Waals surface area contributed by atoms with Gasteiger partial charge in [0.05, 0.1) is 31.5 Å². The van der Waals surface area contributed by atoms with Gasteiger partial charge in [0.2, 0.25) is 41.4 Å². The first kappa shape index (κ1) is 68.4. The van der Waals surface area contributed by atoms with E-state index < -0.39 is 168 Å². The molecular formula is C57H82N12O15. The molecule has 1 fully saturated rings. The van der Waals surface area contributed by atoms with E-state index in [4.69, 9.17) is 16.2 Å². The van der Waals surface area contributed by atoms with Gasteiger partial charge in [0.25, 0.3) is 11.8 Å². The summed E-state index contributed by atoms with van der Waals surface area (Å²) in [5, 5.41) is 65.4. The van der Waals surface area contributed by atoms with Crippen LogP contribution in [0.15, 0.2) is 78.3 Å². The van der Waals surface area contributed by atoms with Crippen molar-refractivity contribution in [1.29, 1.82) is 0 Å². The highest BCUT2D eigenvalue weighted by molar-refractivity contribution is 6.07. The monoisotopic (exact) mass is 1170 g/mol. The number of ether oxygens (including phenoxy) is 1. The van der Waals surface area contributed by atoms with Crippen molar-refractivity contribution in [1.82, 2.24) is 52.8 Å². The van der Waals surface area contributed by atoms with Crippen LogP contribution >= 0.6 is 0 Å². The number of nitrogens with two attached hydrogens (primary N) is 2. The van der Waals surface area contributed by atoms with Crippen LogP contribution in [0.3, 0.4) is 0 Å². The lowest BCUT2D eigenvalue weighted by Gasteiger charge is -2.34. The predicted octanol–water partition coefficient (Wildman–Crippen LogP) is -2.64. The molecule has 0 saturated carbocycles. The smallest absolute Gasteiger partial charge is 0.329 e. The van der Waals surface area contributed by atoms with Crippen molar-refractivity contribution in [3.8, 4) is 0 Å². The molecule has 4 rings (SSSR count). The number of H-pyrrole nitrogens is 1. The minimum atomic E-state index is -1.98. The molecule has 84 heavy (non-hydrogen) atoms. The third-order valence-electron chi connectivity index (χ3n) is 14.1. The number of aromatic nitrogens is 1. The first-order valence-corrected chi connectivity index (χ1v) is 27.8. The molecule has 1 saturated heterocycles. The molecule has 2 aromatic carbocycles. The Bertz CT molecular complexity index is 2860. The third-order valence-corrected chi connectivity index (χ3v) is 14.1. The Morgan fingerprint density at radius 1 is 0.690 bits per heavy atom. The average molecular weight is 1180 g/mol. The molecule has 18 N–H and O–H groups in total. The van der Waals surface area contributed by atoms with E-state index in [1.54, 1.807) is 68.4 Å². The molecule has 12 unspecified atom stereocenters. The standard InChI is InChI=1S/C57H82N12O15/c1-9-30(7)42(59)53(79)69-45-47(29(5)6)84-57(83)39(23-32-17-12-11-13-18-32)64-49(75)37(21-16-22-58)62-50(76)38(24-33-25-60-36-20-15-14-19-34(33)36)63-51(77)40(26-70)65-48(74)35(10-2)61-55(81)44(46(73)28(3)4)68-52(78)41(27-71)66-54(80)43(31(8)72)67-56(45)82/h10-15,17-20,24-25,28-31,37,39-47,60,70-73H,9,16,21-23,26-27,58-59H2,1-8H3,(H,61,81)(H,62,76)(H,63,77)(H,64,75)(H,65,74)(H,66,80)(H,67,82)(H,68,78)(H,69,79). The number of carbonyl (C=O) groups excluding carboxylic acids is 10. The van der Waals surface area contributed by atoms with Crippen LogP contribution in [0.2, 0.25) is 0 Å². The number of esters is 1. The van der Waals surface area contributed by atoms with Gasteiger partial charge in [0, 0.05) is 29.1 Å². The number of rotatable bonds is 16. The number of fused-ring (bicyclic) bond motifs is 1. The number of hydrogen-bond donors (Lipinski definition) is 16. The molecule has 3 aromatic rings. The summed E-state index contributed by atoms with van der Waals surface area (Å²) in [6.45, 7) is 9.67. The Hall–Kier alpha value is -8.08. The van der Waals surface area contributed by atoms with Gasteiger partial charge < -0.3 is 89.5 Å². The lowest BCUT2D eigenvalue weighted by molar-refractivity contribution is -0.160. The maximum atomic E-state index is 14.8. The van der Waals surface area contributed by atoms with Crippen LogP contribution < -0.4 is 59.3 Å². The van der Waals surface area contributed by atoms with Crippen LogP contribution in [0.4, 0.5) is 0 Å². The summed E-state index contributed by atoms with van der Waals surface area (Å²) in [6, 6.07) is 1.34. The van der Waals surface area contributed by atoms with Gasteiger partial charge in [-0.25, -0.2) is 4.79 Å². The molecule has 0 bridgehead atoms. The summed E-state index contributed by atoms with van der Waals surface area (Å²) >= 11 is 0. The fourth-order valence-electron chi connectivity index (χ4n) is 8.70. The molecule has 9 amide bonds. The van der Waals surface area contributed by atoms with E-state index >= 15 is 0 Å². The summed E-state index contributed by atoms with van der Waals surface area (Å²) in [5.41, 5.74) is 12.7. The fourth-order valence-corrected chi connectivity index (χ4v) is 8.70. The first-order valence-electron chi connectivity index (χ1n) is 27.8. The summed E-state index contributed by atoms with van der Waals surface area (Å²) in [4.78, 5) is 146. The number of para-hydroxylation sites is 1. The van der Waals surface area contributed by atoms with Gasteiger partial charge in [-0.2, -0.15) is 0 Å². The zero-order valence-electron chi connectivity index (χ0n) is 48.4. The minimum absolute atomic E-state index is 0.0234. The first-order chi connectivity index (χ1) is 39.8. The highest BCUT2D eigenvalue weighted by Crippen LogP contribution is 2.22. The van der Waals surface area contributed by atoms with E-state index in [-0.39, 0.29) is 25.8 Å². The highest BCUT2D eigenvalue weighted by Gasteiger charge is 2.42. The number of allylic oxidation sites excluding steroid dienone is 1. The van der Waals surface area contributed by atoms with E-state index in [2.05, 4.69) is 52.8 Å². The Morgan fingerprint density at radius 2 is 1.26 bits per heavy atom. The summed E-state index contributed by atoms with van der Waals surface area (Å²) < 4.78 is 6.11. The Morgan fingerprint density at radius 3 is 1.86 bits per heavy atom. The normalized spacial score (nSPS) is 25.1. The lowest BCUT2D eigenvalue weighted by atomic mass is 9.95. The molecule has 27 heteroatoms. The number of aliphatic hydroxyl groups is 4. The van der Waals surface area contributed by atoms with Gasteiger partial charge in [-0.3, -0.25) is 43.2 Å². The summed E-state index contributed by atoms with van der Waals surface area (Å²) in [5.74, 6) is -13.5. The van der Waals surface area contributed by atoms with Gasteiger partial charge >= 0.3 is 5.97 Å². The number of carbonyl (C=O) groups is 10. The Kier molecular flexibility index (Phi) is 26.6. The molecule has 460 valence electrons. The van der Waals surface area contributed by atoms with E-state index in [1.807, 2.05) is 0 Å². The third kappa shape index (κ3) is 19.0. The number of amides is 9. The molecule has 2 heterocycles. The van der Waals surface area contributed by atoms with Crippen LogP contribution in [0, 0.1) is 17.8 Å². The van der Waals surface area contributed by atoms with Crippen molar-refractivity contribution >= 4 is 76.1 Å². The summed E-state index contributed by atoms with van der Waals surface area (Å²) in [7, 11) is 0. The van der Waals surface area contributed by atoms with Gasteiger partial charge in [-0.15, -0.1) is 0 Å². The van der Waals surface area contributed by atoms with Crippen LogP contribution in [-0.2, 0) is 59.1 Å². The van der Waals surface area contributed by atoms with Crippen LogP contribution in [0.25, 0.3) is 17.0 Å². The Balaban J connectivity index is 1.95. The van der Waals surface area contributed by atoms with E-state index in [0.717, 1.165) is 13.0 Å². The highest BCUT2D eigenvalue weighted by atomic mass is 16.5. The van der Waals surface area contributed by atoms with E-state index in [0.29, 0.717) is 28.5 Å². The molecule has 0 spiro atoms. The van der Waals surface area contributed by atoms with Crippen LogP contribution in [0.5, 0.6) is 0 Å². The number of nitrogens with one attached hydrogen (secondary N) is 10. The van der Waals surface area contributed by atoms with Crippen molar-refractivity contribution < 1.29 is 73.1 Å². The largest absolute Gasteiger partial charge is 0.458 e. The maximum absolute atomic E-state index is 14.8. The van der Waals surface area contributed by atoms with Crippen molar-refractivity contribution in [2.45, 2.75) is 148 Å². The molecule has 1 aliphatic heterocycles. The van der Waals surface area contributed by atoms with Crippen molar-refractivity contribution in [3.05, 3.63) is 89.4 Å². The number of aliphatic hydroxyl groups excluding tert-OH is 4.